The van der Waals surface area contributed by atoms with Crippen molar-refractivity contribution in [1.29, 1.82) is 0 Å². The molecular formula is C18H14N2O. The molecule has 0 fully saturated rings. The predicted molar refractivity (Wildman–Crippen MR) is 82.1 cm³/mol. The molecule has 0 N–H and O–H groups in total. The van der Waals surface area contributed by atoms with E-state index in [1.807, 2.05) is 61.5 Å². The van der Waals surface area contributed by atoms with E-state index in [9.17, 15) is 4.79 Å². The average Bonchev–Trinajstić information content (AvgIpc) is 2.56. The normalized spacial score (nSPS) is 10.3. The summed E-state index contributed by atoms with van der Waals surface area (Å²) >= 11 is 0. The minimum atomic E-state index is -0.0761. The molecule has 2 aromatic heterocycles. The third-order valence-corrected chi connectivity index (χ3v) is 3.22. The highest BCUT2D eigenvalue weighted by atomic mass is 16.1. The van der Waals surface area contributed by atoms with Crippen molar-refractivity contribution in [1.82, 2.24) is 9.97 Å². The fraction of sp³-hybridized carbons (Fsp3) is 0.0556. The molecule has 0 aliphatic rings. The molecule has 3 aromatic rings. The third-order valence-electron chi connectivity index (χ3n) is 3.22. The van der Waals surface area contributed by atoms with Crippen molar-refractivity contribution in [3.63, 3.8) is 0 Å². The van der Waals surface area contributed by atoms with Crippen molar-refractivity contribution < 1.29 is 4.79 Å². The van der Waals surface area contributed by atoms with Crippen LogP contribution in [0.5, 0.6) is 0 Å². The Labute approximate surface area is 123 Å². The lowest BCUT2D eigenvalue weighted by molar-refractivity contribution is 0.103. The first kappa shape index (κ1) is 13.2. The molecule has 0 bridgehead atoms. The van der Waals surface area contributed by atoms with Gasteiger partial charge in [-0.3, -0.25) is 9.78 Å². The number of aromatic nitrogens is 2. The maximum absolute atomic E-state index is 12.5. The van der Waals surface area contributed by atoms with Crippen LogP contribution in [0, 0.1) is 6.92 Å². The fourth-order valence-corrected chi connectivity index (χ4v) is 2.07. The second kappa shape index (κ2) is 5.67. The minimum Gasteiger partial charge on any atom is -0.287 e. The molecule has 0 radical (unpaired) electrons. The van der Waals surface area contributed by atoms with Crippen LogP contribution in [-0.4, -0.2) is 15.8 Å². The zero-order chi connectivity index (χ0) is 14.7. The molecule has 0 spiro atoms. The Hall–Kier alpha value is -2.81. The van der Waals surface area contributed by atoms with Crippen LogP contribution in [0.3, 0.4) is 0 Å². The van der Waals surface area contributed by atoms with Crippen LogP contribution < -0.4 is 0 Å². The van der Waals surface area contributed by atoms with Gasteiger partial charge in [0.05, 0.1) is 11.4 Å². The minimum absolute atomic E-state index is 0.0761. The molecular weight excluding hydrogens is 260 g/mol. The van der Waals surface area contributed by atoms with Gasteiger partial charge in [-0.15, -0.1) is 0 Å². The third kappa shape index (κ3) is 2.87. The van der Waals surface area contributed by atoms with Gasteiger partial charge in [0.15, 0.2) is 0 Å². The summed E-state index contributed by atoms with van der Waals surface area (Å²) in [5, 5.41) is 0. The maximum atomic E-state index is 12.5. The predicted octanol–water partition coefficient (Wildman–Crippen LogP) is 3.68. The number of hydrogen-bond donors (Lipinski definition) is 0. The highest BCUT2D eigenvalue weighted by Crippen LogP contribution is 2.16. The van der Waals surface area contributed by atoms with Gasteiger partial charge < -0.3 is 0 Å². The summed E-state index contributed by atoms with van der Waals surface area (Å²) in [5.74, 6) is -0.0761. The van der Waals surface area contributed by atoms with Gasteiger partial charge in [-0.25, -0.2) is 4.98 Å². The first-order chi connectivity index (χ1) is 10.2. The maximum Gasteiger partial charge on any atom is 0.211 e. The van der Waals surface area contributed by atoms with E-state index in [2.05, 4.69) is 9.97 Å². The van der Waals surface area contributed by atoms with Crippen molar-refractivity contribution >= 4 is 5.78 Å². The summed E-state index contributed by atoms with van der Waals surface area (Å²) in [4.78, 5) is 21.1. The van der Waals surface area contributed by atoms with Gasteiger partial charge in [-0.1, -0.05) is 42.0 Å². The first-order valence-corrected chi connectivity index (χ1v) is 6.74. The second-order valence-corrected chi connectivity index (χ2v) is 4.82. The Morgan fingerprint density at radius 1 is 0.857 bits per heavy atom. The smallest absolute Gasteiger partial charge is 0.211 e. The molecule has 3 nitrogen and oxygen atoms in total. The molecule has 0 aliphatic heterocycles. The summed E-state index contributed by atoms with van der Waals surface area (Å²) in [5.41, 5.74) is 3.67. The van der Waals surface area contributed by atoms with E-state index in [-0.39, 0.29) is 5.78 Å². The first-order valence-electron chi connectivity index (χ1n) is 6.74. The van der Waals surface area contributed by atoms with Gasteiger partial charge in [0.1, 0.15) is 5.69 Å². The average molecular weight is 274 g/mol. The van der Waals surface area contributed by atoms with Crippen LogP contribution >= 0.6 is 0 Å². The molecule has 102 valence electrons. The summed E-state index contributed by atoms with van der Waals surface area (Å²) < 4.78 is 0. The Kier molecular flexibility index (Phi) is 3.56. The van der Waals surface area contributed by atoms with Gasteiger partial charge in [-0.05, 0) is 31.2 Å². The molecule has 1 aromatic carbocycles. The van der Waals surface area contributed by atoms with Crippen LogP contribution in [0.15, 0.2) is 66.9 Å². The number of ketones is 1. The number of carbonyl (C=O) groups excluding carboxylic acids is 1. The van der Waals surface area contributed by atoms with Crippen molar-refractivity contribution in [3.05, 3.63) is 83.7 Å². The fourth-order valence-electron chi connectivity index (χ4n) is 2.07. The van der Waals surface area contributed by atoms with E-state index in [0.717, 1.165) is 11.3 Å². The number of hydrogen-bond acceptors (Lipinski definition) is 3. The van der Waals surface area contributed by atoms with Crippen LogP contribution in [-0.2, 0) is 0 Å². The van der Waals surface area contributed by atoms with Gasteiger partial charge in [-0.2, -0.15) is 0 Å². The topological polar surface area (TPSA) is 42.9 Å². The standard InChI is InChI=1S/C18H14N2O/c1-13-8-10-14(11-9-13)18(21)17-7-4-6-16(20-17)15-5-2-3-12-19-15/h2-12H,1H3. The number of nitrogens with zero attached hydrogens (tertiary/aromatic N) is 2. The highest BCUT2D eigenvalue weighted by molar-refractivity contribution is 6.07. The SMILES string of the molecule is Cc1ccc(C(=O)c2cccc(-c3ccccn3)n2)cc1. The molecule has 0 amide bonds. The van der Waals surface area contributed by atoms with E-state index in [1.165, 1.54) is 0 Å². The van der Waals surface area contributed by atoms with Gasteiger partial charge >= 0.3 is 0 Å². The monoisotopic (exact) mass is 274 g/mol. The van der Waals surface area contributed by atoms with Gasteiger partial charge in [0.25, 0.3) is 0 Å². The van der Waals surface area contributed by atoms with Crippen molar-refractivity contribution in [2.24, 2.45) is 0 Å². The molecule has 0 saturated heterocycles. The number of benzene rings is 1. The van der Waals surface area contributed by atoms with E-state index in [1.54, 1.807) is 12.3 Å². The summed E-state index contributed by atoms with van der Waals surface area (Å²) in [6.45, 7) is 1.99. The summed E-state index contributed by atoms with van der Waals surface area (Å²) in [6, 6.07) is 18.6. The van der Waals surface area contributed by atoms with Crippen molar-refractivity contribution in [2.45, 2.75) is 6.92 Å². The van der Waals surface area contributed by atoms with Crippen LogP contribution in [0.25, 0.3) is 11.4 Å². The van der Waals surface area contributed by atoms with Crippen LogP contribution in [0.4, 0.5) is 0 Å². The lowest BCUT2D eigenvalue weighted by Crippen LogP contribution is -2.04. The Morgan fingerprint density at radius 2 is 1.62 bits per heavy atom. The molecule has 3 heteroatoms. The zero-order valence-electron chi connectivity index (χ0n) is 11.7. The van der Waals surface area contributed by atoms with Crippen molar-refractivity contribution in [2.75, 3.05) is 0 Å². The lowest BCUT2D eigenvalue weighted by Gasteiger charge is -2.04. The molecule has 0 saturated carbocycles. The summed E-state index contributed by atoms with van der Waals surface area (Å²) in [7, 11) is 0. The summed E-state index contributed by atoms with van der Waals surface area (Å²) in [6.07, 6.45) is 1.71. The molecule has 0 atom stereocenters. The number of aryl methyl sites for hydroxylation is 1. The largest absolute Gasteiger partial charge is 0.287 e. The molecule has 3 rings (SSSR count). The number of carbonyl (C=O) groups is 1. The Bertz CT molecular complexity index is 765. The Morgan fingerprint density at radius 3 is 2.33 bits per heavy atom. The number of rotatable bonds is 3. The van der Waals surface area contributed by atoms with Crippen molar-refractivity contribution in [3.8, 4) is 11.4 Å². The molecule has 0 unspecified atom stereocenters. The van der Waals surface area contributed by atoms with Gasteiger partial charge in [0, 0.05) is 11.8 Å². The zero-order valence-corrected chi connectivity index (χ0v) is 11.7. The lowest BCUT2D eigenvalue weighted by atomic mass is 10.1. The quantitative estimate of drug-likeness (QED) is 0.684. The molecule has 0 aliphatic carbocycles. The van der Waals surface area contributed by atoms with Crippen LogP contribution in [0.1, 0.15) is 21.6 Å². The van der Waals surface area contributed by atoms with E-state index < -0.39 is 0 Å². The van der Waals surface area contributed by atoms with Crippen LogP contribution in [0.2, 0.25) is 0 Å². The molecule has 21 heavy (non-hydrogen) atoms. The highest BCUT2D eigenvalue weighted by Gasteiger charge is 2.11. The number of pyridine rings is 2. The van der Waals surface area contributed by atoms with E-state index in [4.69, 9.17) is 0 Å². The second-order valence-electron chi connectivity index (χ2n) is 4.82. The molecule has 2 heterocycles. The Balaban J connectivity index is 1.96. The van der Waals surface area contributed by atoms with E-state index >= 15 is 0 Å². The van der Waals surface area contributed by atoms with Gasteiger partial charge in [0.2, 0.25) is 5.78 Å². The van der Waals surface area contributed by atoms with E-state index in [0.29, 0.717) is 17.0 Å².